The molecule has 2 N–H and O–H groups in total. The summed E-state index contributed by atoms with van der Waals surface area (Å²) in [5, 5.41) is 14.5. The number of rotatable bonds is 7. The minimum Gasteiger partial charge on any atom is -0.374 e. The molecule has 2 rings (SSSR count). The molecule has 27 heavy (non-hydrogen) atoms. The second-order valence-corrected chi connectivity index (χ2v) is 8.35. The summed E-state index contributed by atoms with van der Waals surface area (Å²) >= 11 is 0. The lowest BCUT2D eigenvalue weighted by atomic mass is 10.1. The third-order valence-corrected chi connectivity index (χ3v) is 5.70. The van der Waals surface area contributed by atoms with E-state index in [0.29, 0.717) is 12.1 Å². The summed E-state index contributed by atoms with van der Waals surface area (Å²) in [7, 11) is -0.664. The van der Waals surface area contributed by atoms with Gasteiger partial charge in [0.1, 0.15) is 6.04 Å². The molecule has 2 aromatic carbocycles. The van der Waals surface area contributed by atoms with Gasteiger partial charge in [0.05, 0.1) is 17.4 Å². The molecule has 1 atom stereocenters. The van der Waals surface area contributed by atoms with Crippen molar-refractivity contribution in [2.45, 2.75) is 24.3 Å². The van der Waals surface area contributed by atoms with Crippen LogP contribution in [0.3, 0.4) is 0 Å². The van der Waals surface area contributed by atoms with Gasteiger partial charge in [0.15, 0.2) is 0 Å². The molecule has 2 aromatic rings. The number of nitrogens with zero attached hydrogens (tertiary/aromatic N) is 2. The van der Waals surface area contributed by atoms with Crippen LogP contribution in [0.5, 0.6) is 0 Å². The average molecular weight is 386 g/mol. The van der Waals surface area contributed by atoms with Crippen molar-refractivity contribution in [3.8, 4) is 6.07 Å². The Bertz CT molecular complexity index is 948. The van der Waals surface area contributed by atoms with Crippen LogP contribution in [0.4, 0.5) is 11.4 Å². The number of hydrogen-bond acceptors (Lipinski definition) is 5. The molecule has 1 unspecified atom stereocenters. The Kier molecular flexibility index (Phi) is 6.55. The van der Waals surface area contributed by atoms with Gasteiger partial charge in [-0.25, -0.2) is 12.7 Å². The van der Waals surface area contributed by atoms with Crippen LogP contribution < -0.4 is 10.6 Å². The number of carbonyl (C=O) groups is 1. The Labute approximate surface area is 159 Å². The highest BCUT2D eigenvalue weighted by molar-refractivity contribution is 7.89. The standard InChI is InChI=1S/C19H22N4O3S/c1-14(21-16-9-7-15(8-10-16)11-12-20)19(24)22-17-5-4-6-18(13-17)27(25,26)23(2)3/h4-10,13-14,21H,11H2,1-3H3,(H,22,24). The van der Waals surface area contributed by atoms with E-state index in [1.807, 2.05) is 12.1 Å². The summed E-state index contributed by atoms with van der Waals surface area (Å²) < 4.78 is 25.5. The van der Waals surface area contributed by atoms with E-state index in [4.69, 9.17) is 5.26 Å². The molecule has 1 amide bonds. The second-order valence-electron chi connectivity index (χ2n) is 6.20. The van der Waals surface area contributed by atoms with Gasteiger partial charge < -0.3 is 10.6 Å². The maximum absolute atomic E-state index is 12.4. The summed E-state index contributed by atoms with van der Waals surface area (Å²) in [5.41, 5.74) is 2.06. The monoisotopic (exact) mass is 386 g/mol. The Balaban J connectivity index is 2.05. The first-order valence-electron chi connectivity index (χ1n) is 8.30. The molecule has 0 saturated heterocycles. The Morgan fingerprint density at radius 3 is 2.41 bits per heavy atom. The molecule has 0 fully saturated rings. The van der Waals surface area contributed by atoms with Gasteiger partial charge in [-0.05, 0) is 42.8 Å². The highest BCUT2D eigenvalue weighted by Crippen LogP contribution is 2.18. The molecule has 8 heteroatoms. The fourth-order valence-electron chi connectivity index (χ4n) is 2.32. The van der Waals surface area contributed by atoms with E-state index in [-0.39, 0.29) is 10.8 Å². The van der Waals surface area contributed by atoms with Crippen molar-refractivity contribution in [2.75, 3.05) is 24.7 Å². The number of nitriles is 1. The van der Waals surface area contributed by atoms with E-state index in [1.165, 1.54) is 26.2 Å². The van der Waals surface area contributed by atoms with Crippen LogP contribution in [0.15, 0.2) is 53.4 Å². The number of carbonyl (C=O) groups excluding carboxylic acids is 1. The highest BCUT2D eigenvalue weighted by Gasteiger charge is 2.18. The number of nitrogens with one attached hydrogen (secondary N) is 2. The first kappa shape index (κ1) is 20.4. The molecular weight excluding hydrogens is 364 g/mol. The lowest BCUT2D eigenvalue weighted by Crippen LogP contribution is -2.32. The fourth-order valence-corrected chi connectivity index (χ4v) is 3.27. The van der Waals surface area contributed by atoms with Crippen LogP contribution in [-0.2, 0) is 21.2 Å². The Hall–Kier alpha value is -2.89. The van der Waals surface area contributed by atoms with Gasteiger partial charge in [-0.3, -0.25) is 4.79 Å². The third kappa shape index (κ3) is 5.29. The molecule has 0 aliphatic rings. The molecule has 7 nitrogen and oxygen atoms in total. The number of hydrogen-bond donors (Lipinski definition) is 2. The molecule has 0 spiro atoms. The van der Waals surface area contributed by atoms with Gasteiger partial charge >= 0.3 is 0 Å². The molecule has 0 radical (unpaired) electrons. The van der Waals surface area contributed by atoms with Crippen LogP contribution in [0.1, 0.15) is 12.5 Å². The lowest BCUT2D eigenvalue weighted by Gasteiger charge is -2.16. The number of amides is 1. The van der Waals surface area contributed by atoms with Crippen LogP contribution in [0, 0.1) is 11.3 Å². The van der Waals surface area contributed by atoms with Gasteiger partial charge in [-0.1, -0.05) is 18.2 Å². The van der Waals surface area contributed by atoms with Gasteiger partial charge in [0, 0.05) is 25.5 Å². The van der Waals surface area contributed by atoms with E-state index in [9.17, 15) is 13.2 Å². The van der Waals surface area contributed by atoms with Gasteiger partial charge in [-0.15, -0.1) is 0 Å². The summed E-state index contributed by atoms with van der Waals surface area (Å²) in [5.74, 6) is -0.296. The number of sulfonamides is 1. The van der Waals surface area contributed by atoms with Crippen LogP contribution >= 0.6 is 0 Å². The van der Waals surface area contributed by atoms with E-state index in [0.717, 1.165) is 15.6 Å². The Morgan fingerprint density at radius 1 is 1.15 bits per heavy atom. The van der Waals surface area contributed by atoms with Crippen molar-refractivity contribution in [2.24, 2.45) is 0 Å². The third-order valence-electron chi connectivity index (χ3n) is 3.89. The predicted molar refractivity (Wildman–Crippen MR) is 105 cm³/mol. The maximum Gasteiger partial charge on any atom is 0.246 e. The van der Waals surface area contributed by atoms with Gasteiger partial charge in [0.25, 0.3) is 0 Å². The molecule has 0 aliphatic carbocycles. The Morgan fingerprint density at radius 2 is 1.81 bits per heavy atom. The van der Waals surface area contributed by atoms with Crippen molar-refractivity contribution in [1.82, 2.24) is 4.31 Å². The normalized spacial score (nSPS) is 12.3. The summed E-state index contributed by atoms with van der Waals surface area (Å²) in [6.45, 7) is 1.71. The molecule has 0 aliphatic heterocycles. The topological polar surface area (TPSA) is 102 Å². The number of anilines is 2. The minimum atomic E-state index is -3.57. The van der Waals surface area contributed by atoms with Crippen LogP contribution in [0.25, 0.3) is 0 Å². The second kappa shape index (κ2) is 8.66. The maximum atomic E-state index is 12.4. The van der Waals surface area contributed by atoms with E-state index < -0.39 is 16.1 Å². The molecule has 142 valence electrons. The van der Waals surface area contributed by atoms with Gasteiger partial charge in [-0.2, -0.15) is 5.26 Å². The molecular formula is C19H22N4O3S. The van der Waals surface area contributed by atoms with Crippen molar-refractivity contribution < 1.29 is 13.2 Å². The van der Waals surface area contributed by atoms with E-state index >= 15 is 0 Å². The molecule has 0 bridgehead atoms. The smallest absolute Gasteiger partial charge is 0.246 e. The zero-order chi connectivity index (χ0) is 20.0. The zero-order valence-electron chi connectivity index (χ0n) is 15.4. The van der Waals surface area contributed by atoms with Crippen molar-refractivity contribution in [3.05, 3.63) is 54.1 Å². The quantitative estimate of drug-likeness (QED) is 0.761. The molecule has 0 saturated carbocycles. The average Bonchev–Trinajstić information content (AvgIpc) is 2.63. The van der Waals surface area contributed by atoms with Crippen molar-refractivity contribution in [1.29, 1.82) is 5.26 Å². The summed E-state index contributed by atoms with van der Waals surface area (Å²) in [4.78, 5) is 12.5. The van der Waals surface area contributed by atoms with E-state index in [1.54, 1.807) is 31.2 Å². The van der Waals surface area contributed by atoms with Crippen molar-refractivity contribution in [3.63, 3.8) is 0 Å². The van der Waals surface area contributed by atoms with Crippen molar-refractivity contribution >= 4 is 27.3 Å². The fraction of sp³-hybridized carbons (Fsp3) is 0.263. The molecule has 0 heterocycles. The van der Waals surface area contributed by atoms with Crippen LogP contribution in [-0.4, -0.2) is 38.8 Å². The first-order chi connectivity index (χ1) is 12.7. The largest absolute Gasteiger partial charge is 0.374 e. The number of benzene rings is 2. The predicted octanol–water partition coefficient (Wildman–Crippen LogP) is 2.44. The minimum absolute atomic E-state index is 0.110. The van der Waals surface area contributed by atoms with Gasteiger partial charge in [0.2, 0.25) is 15.9 Å². The highest BCUT2D eigenvalue weighted by atomic mass is 32.2. The lowest BCUT2D eigenvalue weighted by molar-refractivity contribution is -0.116. The summed E-state index contributed by atoms with van der Waals surface area (Å²) in [6, 6.07) is 14.9. The molecule has 0 aromatic heterocycles. The first-order valence-corrected chi connectivity index (χ1v) is 9.74. The van der Waals surface area contributed by atoms with Crippen LogP contribution in [0.2, 0.25) is 0 Å². The summed E-state index contributed by atoms with van der Waals surface area (Å²) in [6.07, 6.45) is 0.336. The van der Waals surface area contributed by atoms with E-state index in [2.05, 4.69) is 16.7 Å². The SMILES string of the molecule is CC(Nc1ccc(CC#N)cc1)C(=O)Nc1cccc(S(=O)(=O)N(C)C)c1. The zero-order valence-corrected chi connectivity index (χ0v) is 16.2.